The molecular weight excluding hydrogens is 238 g/mol. The minimum Gasteiger partial charge on any atom is -0.385 e. The fourth-order valence-electron chi connectivity index (χ4n) is 1.59. The molecule has 94 valence electrons. The van der Waals surface area contributed by atoms with Gasteiger partial charge in [0.05, 0.1) is 6.04 Å². The van der Waals surface area contributed by atoms with E-state index in [1.165, 1.54) is 0 Å². The highest BCUT2D eigenvalue weighted by molar-refractivity contribution is 6.30. The molecule has 0 saturated carbocycles. The van der Waals surface area contributed by atoms with Crippen LogP contribution in [0.2, 0.25) is 5.02 Å². The average molecular weight is 256 g/mol. The first kappa shape index (κ1) is 14.2. The predicted molar refractivity (Wildman–Crippen MR) is 69.2 cm³/mol. The molecule has 0 aliphatic rings. The van der Waals surface area contributed by atoms with Crippen molar-refractivity contribution in [1.82, 2.24) is 0 Å². The first-order valence-electron chi connectivity index (χ1n) is 5.65. The van der Waals surface area contributed by atoms with E-state index in [-0.39, 0.29) is 5.78 Å². The Kier molecular flexibility index (Phi) is 6.19. The van der Waals surface area contributed by atoms with Gasteiger partial charge >= 0.3 is 0 Å². The predicted octanol–water partition coefficient (Wildman–Crippen LogP) is 2.21. The summed E-state index contributed by atoms with van der Waals surface area (Å²) in [6.07, 6.45) is 1.81. The first-order valence-corrected chi connectivity index (χ1v) is 6.03. The van der Waals surface area contributed by atoms with E-state index < -0.39 is 6.04 Å². The van der Waals surface area contributed by atoms with Crippen LogP contribution in [0.3, 0.4) is 0 Å². The summed E-state index contributed by atoms with van der Waals surface area (Å²) < 4.78 is 4.92. The summed E-state index contributed by atoms with van der Waals surface area (Å²) in [5.74, 6) is 0.0448. The molecule has 0 fully saturated rings. The largest absolute Gasteiger partial charge is 0.385 e. The maximum absolute atomic E-state index is 11.8. The molecule has 0 aliphatic carbocycles. The fourth-order valence-corrected chi connectivity index (χ4v) is 1.80. The SMILES string of the molecule is COCCCC(N)C(=O)Cc1cccc(Cl)c1. The van der Waals surface area contributed by atoms with Gasteiger partial charge in [0.1, 0.15) is 0 Å². The molecule has 2 N–H and O–H groups in total. The van der Waals surface area contributed by atoms with Crippen LogP contribution in [0.1, 0.15) is 18.4 Å². The van der Waals surface area contributed by atoms with Crippen LogP contribution in [0.25, 0.3) is 0 Å². The summed E-state index contributed by atoms with van der Waals surface area (Å²) in [7, 11) is 1.64. The van der Waals surface area contributed by atoms with Gasteiger partial charge in [0, 0.05) is 25.2 Å². The zero-order chi connectivity index (χ0) is 12.7. The van der Waals surface area contributed by atoms with Gasteiger partial charge in [-0.3, -0.25) is 4.79 Å². The second kappa shape index (κ2) is 7.43. The van der Waals surface area contributed by atoms with E-state index in [0.29, 0.717) is 24.5 Å². The Bertz CT molecular complexity index is 368. The number of ether oxygens (including phenoxy) is 1. The van der Waals surface area contributed by atoms with Crippen LogP contribution in [0, 0.1) is 0 Å². The Labute approximate surface area is 107 Å². The summed E-state index contributed by atoms with van der Waals surface area (Å²) in [6.45, 7) is 0.637. The van der Waals surface area contributed by atoms with Crippen LogP contribution in [0.5, 0.6) is 0 Å². The van der Waals surface area contributed by atoms with Crippen molar-refractivity contribution in [3.8, 4) is 0 Å². The second-order valence-electron chi connectivity index (χ2n) is 4.01. The monoisotopic (exact) mass is 255 g/mol. The number of methoxy groups -OCH3 is 1. The van der Waals surface area contributed by atoms with Crippen LogP contribution in [-0.2, 0) is 16.0 Å². The Hall–Kier alpha value is -0.900. The third-order valence-electron chi connectivity index (χ3n) is 2.54. The molecule has 0 bridgehead atoms. The smallest absolute Gasteiger partial charge is 0.153 e. The number of rotatable bonds is 7. The number of nitrogens with two attached hydrogens (primary N) is 1. The van der Waals surface area contributed by atoms with E-state index >= 15 is 0 Å². The van der Waals surface area contributed by atoms with Crippen molar-refractivity contribution in [2.75, 3.05) is 13.7 Å². The lowest BCUT2D eigenvalue weighted by atomic mass is 10.0. The molecular formula is C13H18ClNO2. The van der Waals surface area contributed by atoms with Gasteiger partial charge in [-0.15, -0.1) is 0 Å². The van der Waals surface area contributed by atoms with Crippen LogP contribution in [0.4, 0.5) is 0 Å². The minimum atomic E-state index is -0.413. The molecule has 1 rings (SSSR count). The number of carbonyl (C=O) groups excluding carboxylic acids is 1. The molecule has 1 unspecified atom stereocenters. The van der Waals surface area contributed by atoms with E-state index in [1.54, 1.807) is 19.2 Å². The molecule has 0 heterocycles. The zero-order valence-electron chi connectivity index (χ0n) is 9.99. The quantitative estimate of drug-likeness (QED) is 0.760. The summed E-state index contributed by atoms with van der Waals surface area (Å²) in [5.41, 5.74) is 6.71. The van der Waals surface area contributed by atoms with Crippen molar-refractivity contribution < 1.29 is 9.53 Å². The molecule has 1 aromatic carbocycles. The van der Waals surface area contributed by atoms with E-state index in [9.17, 15) is 4.79 Å². The first-order chi connectivity index (χ1) is 8.13. The molecule has 0 amide bonds. The number of carbonyl (C=O) groups is 1. The average Bonchev–Trinajstić information content (AvgIpc) is 2.29. The number of Topliss-reactive ketones (excluding diaryl/α,β-unsaturated/α-hetero) is 1. The van der Waals surface area contributed by atoms with Crippen LogP contribution in [-0.4, -0.2) is 25.5 Å². The number of hydrogen-bond acceptors (Lipinski definition) is 3. The normalized spacial score (nSPS) is 12.4. The highest BCUT2D eigenvalue weighted by Crippen LogP contribution is 2.12. The molecule has 0 radical (unpaired) electrons. The third kappa shape index (κ3) is 5.31. The summed E-state index contributed by atoms with van der Waals surface area (Å²) in [5, 5.41) is 0.642. The number of benzene rings is 1. The maximum atomic E-state index is 11.8. The number of halogens is 1. The Balaban J connectivity index is 2.43. The van der Waals surface area contributed by atoms with Gasteiger partial charge in [-0.25, -0.2) is 0 Å². The lowest BCUT2D eigenvalue weighted by molar-refractivity contribution is -0.119. The lowest BCUT2D eigenvalue weighted by Crippen LogP contribution is -2.32. The van der Waals surface area contributed by atoms with Crippen molar-refractivity contribution in [2.24, 2.45) is 5.73 Å². The summed E-state index contributed by atoms with van der Waals surface area (Å²) in [6, 6.07) is 6.88. The Morgan fingerprint density at radius 2 is 2.29 bits per heavy atom. The molecule has 0 aromatic heterocycles. The van der Waals surface area contributed by atoms with E-state index in [1.807, 2.05) is 12.1 Å². The highest BCUT2D eigenvalue weighted by Gasteiger charge is 2.13. The second-order valence-corrected chi connectivity index (χ2v) is 4.45. The van der Waals surface area contributed by atoms with Crippen molar-refractivity contribution in [3.05, 3.63) is 34.9 Å². The fraction of sp³-hybridized carbons (Fsp3) is 0.462. The highest BCUT2D eigenvalue weighted by atomic mass is 35.5. The Morgan fingerprint density at radius 3 is 2.94 bits per heavy atom. The number of ketones is 1. The summed E-state index contributed by atoms with van der Waals surface area (Å²) >= 11 is 5.85. The van der Waals surface area contributed by atoms with E-state index in [0.717, 1.165) is 12.0 Å². The Morgan fingerprint density at radius 1 is 1.53 bits per heavy atom. The molecule has 0 saturated heterocycles. The van der Waals surface area contributed by atoms with Crippen molar-refractivity contribution in [2.45, 2.75) is 25.3 Å². The van der Waals surface area contributed by atoms with Crippen LogP contribution >= 0.6 is 11.6 Å². The van der Waals surface area contributed by atoms with Crippen molar-refractivity contribution in [3.63, 3.8) is 0 Å². The number of hydrogen-bond donors (Lipinski definition) is 1. The van der Waals surface area contributed by atoms with Gasteiger partial charge in [-0.2, -0.15) is 0 Å². The van der Waals surface area contributed by atoms with Gasteiger partial charge in [-0.05, 0) is 30.5 Å². The lowest BCUT2D eigenvalue weighted by Gasteiger charge is -2.10. The molecule has 4 heteroatoms. The molecule has 0 spiro atoms. The van der Waals surface area contributed by atoms with Gasteiger partial charge in [0.2, 0.25) is 0 Å². The molecule has 17 heavy (non-hydrogen) atoms. The van der Waals surface area contributed by atoms with Gasteiger partial charge in [0.15, 0.2) is 5.78 Å². The molecule has 1 aromatic rings. The van der Waals surface area contributed by atoms with Crippen molar-refractivity contribution in [1.29, 1.82) is 0 Å². The maximum Gasteiger partial charge on any atom is 0.153 e. The third-order valence-corrected chi connectivity index (χ3v) is 2.78. The van der Waals surface area contributed by atoms with Gasteiger partial charge in [-0.1, -0.05) is 23.7 Å². The van der Waals surface area contributed by atoms with E-state index in [2.05, 4.69) is 0 Å². The summed E-state index contributed by atoms with van der Waals surface area (Å²) in [4.78, 5) is 11.8. The van der Waals surface area contributed by atoms with Crippen molar-refractivity contribution >= 4 is 17.4 Å². The molecule has 3 nitrogen and oxygen atoms in total. The molecule has 1 atom stereocenters. The van der Waals surface area contributed by atoms with Crippen LogP contribution < -0.4 is 5.73 Å². The van der Waals surface area contributed by atoms with Gasteiger partial charge in [0.25, 0.3) is 0 Å². The van der Waals surface area contributed by atoms with E-state index in [4.69, 9.17) is 22.1 Å². The van der Waals surface area contributed by atoms with Gasteiger partial charge < -0.3 is 10.5 Å². The minimum absolute atomic E-state index is 0.0448. The molecule has 0 aliphatic heterocycles. The standard InChI is InChI=1S/C13H18ClNO2/c1-17-7-3-6-12(15)13(16)9-10-4-2-5-11(14)8-10/h2,4-5,8,12H,3,6-7,9,15H2,1H3. The topological polar surface area (TPSA) is 52.3 Å². The van der Waals surface area contributed by atoms with Crippen LogP contribution in [0.15, 0.2) is 24.3 Å². The zero-order valence-corrected chi connectivity index (χ0v) is 10.7.